The molecule has 0 amide bonds. The number of nitrogens with one attached hydrogen (secondary N) is 1. The molecule has 4 rings (SSSR count). The van der Waals surface area contributed by atoms with Crippen molar-refractivity contribution in [3.63, 3.8) is 0 Å². The molecule has 1 aliphatic heterocycles. The number of halogens is 1. The second-order valence-corrected chi connectivity index (χ2v) is 10.3. The van der Waals surface area contributed by atoms with E-state index in [9.17, 15) is 9.83 Å². The lowest BCUT2D eigenvalue weighted by atomic mass is 9.83. The number of nitrogens with zero attached hydrogens (tertiary/aromatic N) is 4. The van der Waals surface area contributed by atoms with Crippen LogP contribution in [0.1, 0.15) is 36.6 Å². The third-order valence-electron chi connectivity index (χ3n) is 5.15. The van der Waals surface area contributed by atoms with Crippen LogP contribution in [0, 0.1) is 16.7 Å². The second-order valence-electron chi connectivity index (χ2n) is 8.08. The highest BCUT2D eigenvalue weighted by molar-refractivity contribution is 7.52. The SMILES string of the molecule is CC1(C)CO[P@@](=O)(n2nc(NCc3ccc(Cl)nc3)c(C#N)c2N)O[C@H]1c1ccccc1. The van der Waals surface area contributed by atoms with Gasteiger partial charge in [-0.3, -0.25) is 9.05 Å². The van der Waals surface area contributed by atoms with Gasteiger partial charge in [0.1, 0.15) is 22.9 Å². The molecule has 2 aromatic heterocycles. The summed E-state index contributed by atoms with van der Waals surface area (Å²) < 4.78 is 26.4. The number of hydrogen-bond acceptors (Lipinski definition) is 8. The summed E-state index contributed by atoms with van der Waals surface area (Å²) in [4.78, 5) is 4.02. The molecule has 166 valence electrons. The molecule has 0 saturated carbocycles. The van der Waals surface area contributed by atoms with E-state index in [0.29, 0.717) is 11.7 Å². The van der Waals surface area contributed by atoms with Crippen LogP contribution in [0.25, 0.3) is 0 Å². The Kier molecular flexibility index (Phi) is 5.97. The molecule has 0 spiro atoms. The Morgan fingerprint density at radius 1 is 1.34 bits per heavy atom. The van der Waals surface area contributed by atoms with Gasteiger partial charge in [-0.1, -0.05) is 61.8 Å². The maximum absolute atomic E-state index is 13.7. The van der Waals surface area contributed by atoms with Crippen LogP contribution < -0.4 is 11.1 Å². The number of nitriles is 1. The van der Waals surface area contributed by atoms with Gasteiger partial charge in [-0.15, -0.1) is 9.55 Å². The monoisotopic (exact) mass is 472 g/mol. The molecular formula is C21H22ClN6O3P. The lowest BCUT2D eigenvalue weighted by Crippen LogP contribution is -2.34. The van der Waals surface area contributed by atoms with Crippen molar-refractivity contribution in [2.45, 2.75) is 26.5 Å². The Labute approximate surface area is 190 Å². The minimum atomic E-state index is -3.97. The smallest absolute Gasteiger partial charge is 0.382 e. The van der Waals surface area contributed by atoms with Crippen molar-refractivity contribution in [2.24, 2.45) is 5.41 Å². The lowest BCUT2D eigenvalue weighted by Gasteiger charge is -2.41. The van der Waals surface area contributed by atoms with Crippen LogP contribution in [0.4, 0.5) is 11.6 Å². The van der Waals surface area contributed by atoms with Crippen molar-refractivity contribution < 1.29 is 13.6 Å². The van der Waals surface area contributed by atoms with Crippen LogP contribution in [0.3, 0.4) is 0 Å². The summed E-state index contributed by atoms with van der Waals surface area (Å²) in [5, 5.41) is 17.3. The van der Waals surface area contributed by atoms with Crippen molar-refractivity contribution in [3.8, 4) is 6.07 Å². The molecular weight excluding hydrogens is 451 g/mol. The highest BCUT2D eigenvalue weighted by Crippen LogP contribution is 2.62. The van der Waals surface area contributed by atoms with Crippen LogP contribution >= 0.6 is 19.3 Å². The maximum atomic E-state index is 13.7. The first kappa shape index (κ1) is 22.3. The van der Waals surface area contributed by atoms with Gasteiger partial charge in [0, 0.05) is 18.2 Å². The summed E-state index contributed by atoms with van der Waals surface area (Å²) in [6.45, 7) is 4.40. The standard InChI is InChI=1S/C21H22ClN6O3P/c1-21(2)13-30-32(29,31-18(21)15-6-4-3-5-7-15)28-19(24)16(10-23)20(27-28)26-12-14-8-9-17(22)25-11-14/h3-9,11,18H,12-13,24H2,1-2H3,(H,26,27)/t18-,32-/m0/s1. The topological polar surface area (TPSA) is 128 Å². The Morgan fingerprint density at radius 3 is 2.75 bits per heavy atom. The summed E-state index contributed by atoms with van der Waals surface area (Å²) in [5.74, 6) is 0.0718. The zero-order valence-electron chi connectivity index (χ0n) is 17.5. The second kappa shape index (κ2) is 8.57. The molecule has 0 aliphatic carbocycles. The van der Waals surface area contributed by atoms with Crippen LogP contribution in [-0.4, -0.2) is 21.1 Å². The normalized spacial score (nSPS) is 22.2. The molecule has 2 atom stereocenters. The number of benzene rings is 1. The van der Waals surface area contributed by atoms with Crippen LogP contribution in [0.15, 0.2) is 48.7 Å². The quantitative estimate of drug-likeness (QED) is 0.401. The van der Waals surface area contributed by atoms with E-state index in [4.69, 9.17) is 26.4 Å². The largest absolute Gasteiger partial charge is 0.457 e. The maximum Gasteiger partial charge on any atom is 0.457 e. The van der Waals surface area contributed by atoms with Crippen LogP contribution in [0.5, 0.6) is 0 Å². The Balaban J connectivity index is 1.64. The molecule has 0 radical (unpaired) electrons. The van der Waals surface area contributed by atoms with Gasteiger partial charge in [-0.25, -0.2) is 9.55 Å². The van der Waals surface area contributed by atoms with Gasteiger partial charge < -0.3 is 11.1 Å². The molecule has 1 aliphatic rings. The molecule has 32 heavy (non-hydrogen) atoms. The highest BCUT2D eigenvalue weighted by Gasteiger charge is 2.48. The van der Waals surface area contributed by atoms with Gasteiger partial charge in [-0.05, 0) is 17.2 Å². The first-order valence-corrected chi connectivity index (χ1v) is 11.7. The zero-order chi connectivity index (χ0) is 22.9. The Bertz CT molecular complexity index is 1210. The zero-order valence-corrected chi connectivity index (χ0v) is 19.2. The van der Waals surface area contributed by atoms with Gasteiger partial charge in [0.25, 0.3) is 0 Å². The Hall–Kier alpha value is -2.89. The molecule has 3 aromatic rings. The van der Waals surface area contributed by atoms with Crippen molar-refractivity contribution >= 4 is 31.0 Å². The van der Waals surface area contributed by atoms with Crippen molar-refractivity contribution in [1.29, 1.82) is 5.26 Å². The van der Waals surface area contributed by atoms with Gasteiger partial charge in [0.05, 0.1) is 6.61 Å². The number of rotatable bonds is 5. The van der Waals surface area contributed by atoms with E-state index in [0.717, 1.165) is 15.6 Å². The van der Waals surface area contributed by atoms with E-state index in [-0.39, 0.29) is 23.8 Å². The molecule has 0 unspecified atom stereocenters. The average Bonchev–Trinajstić information content (AvgIpc) is 3.12. The molecule has 11 heteroatoms. The summed E-state index contributed by atoms with van der Waals surface area (Å²) >= 11 is 5.81. The fourth-order valence-electron chi connectivity index (χ4n) is 3.41. The minimum Gasteiger partial charge on any atom is -0.382 e. The minimum absolute atomic E-state index is 0.0513. The van der Waals surface area contributed by atoms with Crippen molar-refractivity contribution in [2.75, 3.05) is 17.7 Å². The number of aromatic nitrogens is 3. The van der Waals surface area contributed by atoms with Crippen molar-refractivity contribution in [3.05, 3.63) is 70.5 Å². The van der Waals surface area contributed by atoms with E-state index in [1.807, 2.05) is 50.2 Å². The molecule has 9 nitrogen and oxygen atoms in total. The van der Waals surface area contributed by atoms with Gasteiger partial charge in [0.15, 0.2) is 11.6 Å². The van der Waals surface area contributed by atoms with E-state index >= 15 is 0 Å². The fraction of sp³-hybridized carbons (Fsp3) is 0.286. The summed E-state index contributed by atoms with van der Waals surface area (Å²) in [6.07, 6.45) is 1.08. The van der Waals surface area contributed by atoms with E-state index < -0.39 is 19.3 Å². The number of anilines is 2. The number of pyridine rings is 1. The highest BCUT2D eigenvalue weighted by atomic mass is 35.5. The third kappa shape index (κ3) is 4.23. The molecule has 1 fully saturated rings. The Morgan fingerprint density at radius 2 is 2.09 bits per heavy atom. The first-order valence-electron chi connectivity index (χ1n) is 9.85. The summed E-state index contributed by atoms with van der Waals surface area (Å²) in [5.41, 5.74) is 7.43. The van der Waals surface area contributed by atoms with E-state index in [1.54, 1.807) is 18.3 Å². The molecule has 1 aromatic carbocycles. The van der Waals surface area contributed by atoms with Crippen LogP contribution in [0.2, 0.25) is 5.15 Å². The third-order valence-corrected chi connectivity index (χ3v) is 7.07. The fourth-order valence-corrected chi connectivity index (χ4v) is 5.51. The van der Waals surface area contributed by atoms with Gasteiger partial charge in [-0.2, -0.15) is 5.26 Å². The average molecular weight is 473 g/mol. The molecule has 3 N–H and O–H groups in total. The number of nitrogens with two attached hydrogens (primary N) is 1. The predicted octanol–water partition coefficient (Wildman–Crippen LogP) is 4.77. The van der Waals surface area contributed by atoms with Crippen molar-refractivity contribution in [1.82, 2.24) is 14.5 Å². The van der Waals surface area contributed by atoms with E-state index in [1.165, 1.54) is 0 Å². The predicted molar refractivity (Wildman–Crippen MR) is 121 cm³/mol. The summed E-state index contributed by atoms with van der Waals surface area (Å²) in [7, 11) is -3.97. The molecule has 3 heterocycles. The molecule has 0 bridgehead atoms. The number of hydrogen-bond donors (Lipinski definition) is 2. The van der Waals surface area contributed by atoms with Crippen LogP contribution in [-0.2, 0) is 20.2 Å². The first-order chi connectivity index (χ1) is 15.2. The molecule has 1 saturated heterocycles. The lowest BCUT2D eigenvalue weighted by molar-refractivity contribution is -0.0304. The van der Waals surface area contributed by atoms with E-state index in [2.05, 4.69) is 15.4 Å². The summed E-state index contributed by atoms with van der Waals surface area (Å²) in [6, 6.07) is 14.9. The number of nitrogen functional groups attached to an aromatic ring is 1. The van der Waals surface area contributed by atoms with Gasteiger partial charge >= 0.3 is 7.75 Å². The van der Waals surface area contributed by atoms with Gasteiger partial charge in [0.2, 0.25) is 0 Å².